The van der Waals surface area contributed by atoms with Gasteiger partial charge in [-0.3, -0.25) is 9.59 Å². The van der Waals surface area contributed by atoms with E-state index in [-0.39, 0.29) is 24.3 Å². The summed E-state index contributed by atoms with van der Waals surface area (Å²) >= 11 is 12.4. The lowest BCUT2D eigenvalue weighted by Gasteiger charge is -2.32. The first-order valence-corrected chi connectivity index (χ1v) is 12.7. The Bertz CT molecular complexity index is 1100. The fourth-order valence-corrected chi connectivity index (χ4v) is 4.22. The van der Waals surface area contributed by atoms with Gasteiger partial charge in [0.2, 0.25) is 11.8 Å². The van der Waals surface area contributed by atoms with Crippen LogP contribution in [-0.2, 0) is 29.0 Å². The van der Waals surface area contributed by atoms with Gasteiger partial charge in [0, 0.05) is 35.5 Å². The fraction of sp³-hybridized carbons (Fsp3) is 0.310. The van der Waals surface area contributed by atoms with Crippen molar-refractivity contribution < 1.29 is 9.59 Å². The Morgan fingerprint density at radius 1 is 0.886 bits per heavy atom. The van der Waals surface area contributed by atoms with E-state index in [9.17, 15) is 9.59 Å². The summed E-state index contributed by atoms with van der Waals surface area (Å²) in [6.45, 7) is 4.31. The molecule has 1 N–H and O–H groups in total. The monoisotopic (exact) mass is 510 g/mol. The van der Waals surface area contributed by atoms with Crippen molar-refractivity contribution in [3.05, 3.63) is 106 Å². The Kier molecular flexibility index (Phi) is 10.2. The third-order valence-electron chi connectivity index (χ3n) is 6.10. The van der Waals surface area contributed by atoms with Gasteiger partial charge in [-0.05, 0) is 54.7 Å². The summed E-state index contributed by atoms with van der Waals surface area (Å²) in [7, 11) is 0. The second-order valence-corrected chi connectivity index (χ2v) is 9.61. The molecule has 0 aliphatic rings. The minimum absolute atomic E-state index is 0.0105. The number of aryl methyl sites for hydroxylation is 1. The first-order chi connectivity index (χ1) is 16.9. The van der Waals surface area contributed by atoms with Crippen LogP contribution in [0.3, 0.4) is 0 Å². The standard InChI is InChI=1S/C29H32Cl2N2O2/c1-3-21(2)32-29(35)27(19-22-9-5-4-6-10-22)33(20-23-13-16-25(30)17-14-23)28(34)18-15-24-11-7-8-12-26(24)31/h4-14,16-17,21,27H,3,15,18-20H2,1-2H3,(H,32,35)/t21-,27+/m0/s1. The van der Waals surface area contributed by atoms with Gasteiger partial charge in [0.15, 0.2) is 0 Å². The van der Waals surface area contributed by atoms with E-state index in [4.69, 9.17) is 23.2 Å². The molecule has 0 aliphatic carbocycles. The number of carbonyl (C=O) groups is 2. The van der Waals surface area contributed by atoms with Crippen molar-refractivity contribution in [3.63, 3.8) is 0 Å². The lowest BCUT2D eigenvalue weighted by Crippen LogP contribution is -2.52. The van der Waals surface area contributed by atoms with Crippen molar-refractivity contribution in [1.29, 1.82) is 0 Å². The van der Waals surface area contributed by atoms with Crippen LogP contribution in [0.4, 0.5) is 0 Å². The quantitative estimate of drug-likeness (QED) is 0.320. The van der Waals surface area contributed by atoms with Crippen molar-refractivity contribution in [3.8, 4) is 0 Å². The SMILES string of the molecule is CC[C@H](C)NC(=O)[C@@H](Cc1ccccc1)N(Cc1ccc(Cl)cc1)C(=O)CCc1ccccc1Cl. The third-order valence-corrected chi connectivity index (χ3v) is 6.73. The fourth-order valence-electron chi connectivity index (χ4n) is 3.87. The van der Waals surface area contributed by atoms with Crippen LogP contribution in [0.1, 0.15) is 43.4 Å². The van der Waals surface area contributed by atoms with Crippen molar-refractivity contribution in [2.75, 3.05) is 0 Å². The molecule has 0 heterocycles. The van der Waals surface area contributed by atoms with Crippen LogP contribution in [0, 0.1) is 0 Å². The molecule has 2 atom stereocenters. The highest BCUT2D eigenvalue weighted by molar-refractivity contribution is 6.31. The van der Waals surface area contributed by atoms with Gasteiger partial charge in [-0.25, -0.2) is 0 Å². The molecule has 35 heavy (non-hydrogen) atoms. The molecule has 2 amide bonds. The van der Waals surface area contributed by atoms with E-state index < -0.39 is 6.04 Å². The predicted molar refractivity (Wildman–Crippen MR) is 144 cm³/mol. The Morgan fingerprint density at radius 3 is 2.20 bits per heavy atom. The summed E-state index contributed by atoms with van der Waals surface area (Å²) in [5.41, 5.74) is 2.82. The molecule has 0 bridgehead atoms. The predicted octanol–water partition coefficient (Wildman–Crippen LogP) is 6.48. The van der Waals surface area contributed by atoms with Gasteiger partial charge >= 0.3 is 0 Å². The molecule has 6 heteroatoms. The summed E-state index contributed by atoms with van der Waals surface area (Å²) in [5.74, 6) is -0.247. The molecule has 0 saturated carbocycles. The van der Waals surface area contributed by atoms with Gasteiger partial charge in [0.25, 0.3) is 0 Å². The van der Waals surface area contributed by atoms with Crippen LogP contribution in [0.25, 0.3) is 0 Å². The second kappa shape index (κ2) is 13.3. The zero-order valence-electron chi connectivity index (χ0n) is 20.2. The molecule has 0 aromatic heterocycles. The molecule has 4 nitrogen and oxygen atoms in total. The molecule has 3 rings (SSSR count). The van der Waals surface area contributed by atoms with E-state index in [1.54, 1.807) is 17.0 Å². The van der Waals surface area contributed by atoms with Crippen LogP contribution < -0.4 is 5.32 Å². The molecular formula is C29H32Cl2N2O2. The van der Waals surface area contributed by atoms with Crippen LogP contribution in [-0.4, -0.2) is 28.8 Å². The summed E-state index contributed by atoms with van der Waals surface area (Å²) < 4.78 is 0. The van der Waals surface area contributed by atoms with Gasteiger partial charge in [0.05, 0.1) is 0 Å². The topological polar surface area (TPSA) is 49.4 Å². The second-order valence-electron chi connectivity index (χ2n) is 8.76. The average molecular weight is 511 g/mol. The number of nitrogens with zero attached hydrogens (tertiary/aromatic N) is 1. The van der Waals surface area contributed by atoms with Gasteiger partial charge in [-0.15, -0.1) is 0 Å². The lowest BCUT2D eigenvalue weighted by molar-refractivity contribution is -0.141. The van der Waals surface area contributed by atoms with Gasteiger partial charge in [0.1, 0.15) is 6.04 Å². The Labute approximate surface area is 218 Å². The van der Waals surface area contributed by atoms with Crippen molar-refractivity contribution >= 4 is 35.0 Å². The normalized spacial score (nSPS) is 12.6. The molecule has 0 radical (unpaired) electrons. The molecule has 0 spiro atoms. The van der Waals surface area contributed by atoms with E-state index in [2.05, 4.69) is 5.32 Å². The summed E-state index contributed by atoms with van der Waals surface area (Å²) in [6, 6.07) is 24.1. The van der Waals surface area contributed by atoms with E-state index in [1.165, 1.54) is 0 Å². The first-order valence-electron chi connectivity index (χ1n) is 12.0. The Hall–Kier alpha value is -2.82. The number of hydrogen-bond acceptors (Lipinski definition) is 2. The smallest absolute Gasteiger partial charge is 0.243 e. The maximum Gasteiger partial charge on any atom is 0.243 e. The first kappa shape index (κ1) is 26.8. The van der Waals surface area contributed by atoms with Crippen LogP contribution in [0.2, 0.25) is 10.0 Å². The van der Waals surface area contributed by atoms with Gasteiger partial charge in [-0.1, -0.05) is 90.8 Å². The molecule has 0 saturated heterocycles. The molecule has 0 fully saturated rings. The van der Waals surface area contributed by atoms with Gasteiger partial charge in [-0.2, -0.15) is 0 Å². The van der Waals surface area contributed by atoms with Crippen molar-refractivity contribution in [2.24, 2.45) is 0 Å². The van der Waals surface area contributed by atoms with Crippen molar-refractivity contribution in [1.82, 2.24) is 10.2 Å². The number of hydrogen-bond donors (Lipinski definition) is 1. The number of benzene rings is 3. The highest BCUT2D eigenvalue weighted by Gasteiger charge is 2.30. The van der Waals surface area contributed by atoms with Gasteiger partial charge < -0.3 is 10.2 Å². The zero-order valence-corrected chi connectivity index (χ0v) is 21.7. The Morgan fingerprint density at radius 2 is 1.54 bits per heavy atom. The number of rotatable bonds is 11. The minimum atomic E-state index is -0.652. The van der Waals surface area contributed by atoms with Crippen LogP contribution in [0.5, 0.6) is 0 Å². The lowest BCUT2D eigenvalue weighted by atomic mass is 10.0. The molecule has 0 aliphatic heterocycles. The molecule has 0 unspecified atom stereocenters. The van der Waals surface area contributed by atoms with E-state index >= 15 is 0 Å². The largest absolute Gasteiger partial charge is 0.352 e. The Balaban J connectivity index is 1.91. The maximum atomic E-state index is 13.7. The zero-order chi connectivity index (χ0) is 25.2. The summed E-state index contributed by atoms with van der Waals surface area (Å²) in [6.07, 6.45) is 1.98. The summed E-state index contributed by atoms with van der Waals surface area (Å²) in [5, 5.41) is 4.35. The summed E-state index contributed by atoms with van der Waals surface area (Å²) in [4.78, 5) is 28.9. The third kappa shape index (κ3) is 8.12. The van der Waals surface area contributed by atoms with Crippen molar-refractivity contribution in [2.45, 2.75) is 58.2 Å². The molecular weight excluding hydrogens is 479 g/mol. The molecule has 184 valence electrons. The number of nitrogens with one attached hydrogen (secondary N) is 1. The van der Waals surface area contributed by atoms with E-state index in [1.807, 2.05) is 80.6 Å². The minimum Gasteiger partial charge on any atom is -0.352 e. The highest BCUT2D eigenvalue weighted by atomic mass is 35.5. The number of halogens is 2. The molecule has 3 aromatic rings. The van der Waals surface area contributed by atoms with Crippen LogP contribution >= 0.6 is 23.2 Å². The van der Waals surface area contributed by atoms with Crippen LogP contribution in [0.15, 0.2) is 78.9 Å². The molecule has 3 aromatic carbocycles. The average Bonchev–Trinajstić information content (AvgIpc) is 2.87. The van der Waals surface area contributed by atoms with E-state index in [0.29, 0.717) is 29.4 Å². The number of amides is 2. The highest BCUT2D eigenvalue weighted by Crippen LogP contribution is 2.21. The van der Waals surface area contributed by atoms with E-state index in [0.717, 1.165) is 23.1 Å². The maximum absolute atomic E-state index is 13.7. The number of carbonyl (C=O) groups excluding carboxylic acids is 2.